The molecule has 0 amide bonds. The van der Waals surface area contributed by atoms with Crippen molar-refractivity contribution in [2.45, 2.75) is 6.42 Å². The Hall–Kier alpha value is -3.00. The minimum absolute atomic E-state index is 0.934. The molecule has 2 aliphatic carbocycles. The van der Waals surface area contributed by atoms with E-state index in [-0.39, 0.29) is 0 Å². The molecule has 2 nitrogen and oxygen atoms in total. The lowest BCUT2D eigenvalue weighted by atomic mass is 10.1. The standard InChI is InChI=1S/C21H14N2/c1-2-6-15-9-14(5-1)10-18-19(11-15)23-21-13-17-8-4-3-7-16(17)12-20(21)22-18/h1-8,10-13H,9H2. The predicted octanol–water partition coefficient (Wildman–Crippen LogP) is 3.17. The van der Waals surface area contributed by atoms with E-state index in [1.165, 1.54) is 21.9 Å². The van der Waals surface area contributed by atoms with Crippen molar-refractivity contribution >= 4 is 34.0 Å². The first-order valence-electron chi connectivity index (χ1n) is 7.82. The number of aromatic nitrogens is 2. The molecule has 1 heterocycles. The van der Waals surface area contributed by atoms with Crippen molar-refractivity contribution in [3.63, 3.8) is 0 Å². The van der Waals surface area contributed by atoms with Gasteiger partial charge >= 0.3 is 0 Å². The van der Waals surface area contributed by atoms with E-state index in [0.29, 0.717) is 0 Å². The van der Waals surface area contributed by atoms with Gasteiger partial charge < -0.3 is 0 Å². The molecule has 0 fully saturated rings. The summed E-state index contributed by atoms with van der Waals surface area (Å²) in [5.74, 6) is 0. The average Bonchev–Trinajstić information content (AvgIpc) is 2.88. The number of hydrogen-bond donors (Lipinski definition) is 0. The summed E-state index contributed by atoms with van der Waals surface area (Å²) in [6, 6.07) is 12.6. The number of allylic oxidation sites excluding steroid dienone is 6. The van der Waals surface area contributed by atoms with Crippen LogP contribution in [0.25, 0.3) is 34.0 Å². The Kier molecular flexibility index (Phi) is 2.59. The minimum Gasteiger partial charge on any atom is -0.244 e. The van der Waals surface area contributed by atoms with Crippen LogP contribution in [0.2, 0.25) is 0 Å². The van der Waals surface area contributed by atoms with Crippen molar-refractivity contribution < 1.29 is 0 Å². The van der Waals surface area contributed by atoms with Crippen LogP contribution in [-0.4, -0.2) is 9.97 Å². The molecule has 2 aliphatic rings. The van der Waals surface area contributed by atoms with E-state index in [4.69, 9.17) is 9.97 Å². The van der Waals surface area contributed by atoms with E-state index in [1.54, 1.807) is 0 Å². The first kappa shape index (κ1) is 12.5. The SMILES string of the molecule is C1=CC=C2C=c3nc4cc5ccccc5cc4nc3=CC(=C1)C2. The third-order valence-electron chi connectivity index (χ3n) is 4.37. The molecule has 1 aromatic heterocycles. The van der Waals surface area contributed by atoms with Crippen molar-refractivity contribution in [3.8, 4) is 0 Å². The highest BCUT2D eigenvalue weighted by molar-refractivity contribution is 5.94. The van der Waals surface area contributed by atoms with Gasteiger partial charge in [-0.25, -0.2) is 9.97 Å². The van der Waals surface area contributed by atoms with Crippen LogP contribution >= 0.6 is 0 Å². The lowest BCUT2D eigenvalue weighted by Gasteiger charge is -2.01. The highest BCUT2D eigenvalue weighted by atomic mass is 14.8. The topological polar surface area (TPSA) is 25.8 Å². The summed E-state index contributed by atoms with van der Waals surface area (Å²) in [5.41, 5.74) is 4.45. The zero-order valence-electron chi connectivity index (χ0n) is 12.5. The quantitative estimate of drug-likeness (QED) is 0.595. The molecule has 0 unspecified atom stereocenters. The highest BCUT2D eigenvalue weighted by Gasteiger charge is 2.08. The number of benzene rings is 2. The monoisotopic (exact) mass is 294 g/mol. The van der Waals surface area contributed by atoms with E-state index in [9.17, 15) is 0 Å². The molecule has 23 heavy (non-hydrogen) atoms. The van der Waals surface area contributed by atoms with E-state index in [0.717, 1.165) is 28.2 Å². The molecule has 0 atom stereocenters. The van der Waals surface area contributed by atoms with Crippen molar-refractivity contribution in [1.29, 1.82) is 0 Å². The Bertz CT molecular complexity index is 1090. The molecule has 0 N–H and O–H groups in total. The average molecular weight is 294 g/mol. The molecule has 0 spiro atoms. The maximum absolute atomic E-state index is 4.88. The molecular weight excluding hydrogens is 280 g/mol. The summed E-state index contributed by atoms with van der Waals surface area (Å²) >= 11 is 0. The number of hydrogen-bond acceptors (Lipinski definition) is 2. The molecule has 2 bridgehead atoms. The van der Waals surface area contributed by atoms with Crippen LogP contribution in [0, 0.1) is 0 Å². The number of fused-ring (bicyclic) bond motifs is 5. The van der Waals surface area contributed by atoms with Gasteiger partial charge in [-0.15, -0.1) is 0 Å². The fraction of sp³-hybridized carbons (Fsp3) is 0.0476. The van der Waals surface area contributed by atoms with Crippen LogP contribution in [0.1, 0.15) is 6.42 Å². The normalized spacial score (nSPS) is 15.8. The molecule has 2 aromatic carbocycles. The summed E-state index contributed by atoms with van der Waals surface area (Å²) in [7, 11) is 0. The summed E-state index contributed by atoms with van der Waals surface area (Å²) < 4.78 is 0. The van der Waals surface area contributed by atoms with Gasteiger partial charge in [0.15, 0.2) is 0 Å². The lowest BCUT2D eigenvalue weighted by molar-refractivity contribution is 1.17. The van der Waals surface area contributed by atoms with Crippen LogP contribution in [0.3, 0.4) is 0 Å². The summed E-state index contributed by atoms with van der Waals surface area (Å²) in [4.78, 5) is 9.75. The van der Waals surface area contributed by atoms with E-state index in [1.807, 2.05) is 0 Å². The van der Waals surface area contributed by atoms with Gasteiger partial charge in [-0.05, 0) is 52.6 Å². The van der Waals surface area contributed by atoms with Gasteiger partial charge in [0.25, 0.3) is 0 Å². The van der Waals surface area contributed by atoms with Gasteiger partial charge in [0.1, 0.15) is 0 Å². The first-order chi connectivity index (χ1) is 11.3. The molecule has 2 heteroatoms. The molecule has 0 radical (unpaired) electrons. The molecule has 108 valence electrons. The highest BCUT2D eigenvalue weighted by Crippen LogP contribution is 2.20. The van der Waals surface area contributed by atoms with Crippen molar-refractivity contribution in [2.75, 3.05) is 0 Å². The Labute approximate surface area is 133 Å². The van der Waals surface area contributed by atoms with Crippen LogP contribution < -0.4 is 10.7 Å². The van der Waals surface area contributed by atoms with Crippen LogP contribution in [0.4, 0.5) is 0 Å². The fourth-order valence-corrected chi connectivity index (χ4v) is 3.24. The summed E-state index contributed by atoms with van der Waals surface area (Å²) in [6.45, 7) is 0. The smallest absolute Gasteiger partial charge is 0.0901 e. The maximum Gasteiger partial charge on any atom is 0.0901 e. The molecule has 3 aromatic rings. The van der Waals surface area contributed by atoms with Crippen LogP contribution in [-0.2, 0) is 0 Å². The maximum atomic E-state index is 4.88. The first-order valence-corrected chi connectivity index (χ1v) is 7.82. The van der Waals surface area contributed by atoms with Crippen molar-refractivity contribution in [3.05, 3.63) is 82.5 Å². The number of nitrogens with zero attached hydrogens (tertiary/aromatic N) is 2. The fourth-order valence-electron chi connectivity index (χ4n) is 3.24. The Balaban J connectivity index is 1.91. The molecule has 0 saturated carbocycles. The van der Waals surface area contributed by atoms with Gasteiger partial charge in [-0.2, -0.15) is 0 Å². The van der Waals surface area contributed by atoms with Gasteiger partial charge in [-0.1, -0.05) is 48.6 Å². The molecule has 5 rings (SSSR count). The summed E-state index contributed by atoms with van der Waals surface area (Å²) in [6.07, 6.45) is 13.7. The zero-order chi connectivity index (χ0) is 15.2. The predicted molar refractivity (Wildman–Crippen MR) is 95.1 cm³/mol. The zero-order valence-corrected chi connectivity index (χ0v) is 12.5. The van der Waals surface area contributed by atoms with Gasteiger partial charge in [0, 0.05) is 0 Å². The largest absolute Gasteiger partial charge is 0.244 e. The second-order valence-electron chi connectivity index (χ2n) is 6.02. The Morgan fingerprint density at radius 3 is 1.74 bits per heavy atom. The van der Waals surface area contributed by atoms with E-state index >= 15 is 0 Å². The van der Waals surface area contributed by atoms with E-state index in [2.05, 4.69) is 72.9 Å². The van der Waals surface area contributed by atoms with Gasteiger partial charge in [-0.3, -0.25) is 0 Å². The molecular formula is C21H14N2. The second kappa shape index (κ2) is 4.75. The van der Waals surface area contributed by atoms with E-state index < -0.39 is 0 Å². The molecule has 0 saturated heterocycles. The molecule has 0 aliphatic heterocycles. The van der Waals surface area contributed by atoms with Gasteiger partial charge in [0.05, 0.1) is 21.7 Å². The summed E-state index contributed by atoms with van der Waals surface area (Å²) in [5, 5.41) is 4.31. The number of rotatable bonds is 0. The van der Waals surface area contributed by atoms with Crippen molar-refractivity contribution in [1.82, 2.24) is 9.97 Å². The second-order valence-corrected chi connectivity index (χ2v) is 6.02. The third kappa shape index (κ3) is 2.11. The van der Waals surface area contributed by atoms with Crippen LogP contribution in [0.15, 0.2) is 71.8 Å². The Morgan fingerprint density at radius 1 is 0.696 bits per heavy atom. The minimum atomic E-state index is 0.934. The van der Waals surface area contributed by atoms with Crippen molar-refractivity contribution in [2.24, 2.45) is 0 Å². The lowest BCUT2D eigenvalue weighted by Crippen LogP contribution is -2.31. The van der Waals surface area contributed by atoms with Crippen LogP contribution in [0.5, 0.6) is 0 Å². The Morgan fingerprint density at radius 2 is 1.22 bits per heavy atom. The van der Waals surface area contributed by atoms with Gasteiger partial charge in [0.2, 0.25) is 0 Å². The third-order valence-corrected chi connectivity index (χ3v) is 4.37.